The average molecular weight is 1840 g/mol. The fraction of sp³-hybridized carbons (Fsp3) is 0. The standard InChI is InChI=1S/C50H30N2O.C48H30N2.C40H26N2/c1-2-13-34(14-3-1)52-47-30-46-42(29-43(47)40-26-23-31-11-4-5-15-37(31)50(40)52)38-16-6-8-19-45(38)51(46)35-24-21-32(22-25-35)36-18-10-12-33-27-49-44(28-41(33)36)39-17-7-9-20-48(39)53-49;1-2-13-31(14-3-1)35-18-12-19-36(29-35)49-42-24-11-10-23-41(42)46-47(49)40-22-9-8-21-39(40)45-44-38-20-7-6-16-33(38)26-28-43(44)50(48(45)46)37-27-25-32-15-4-5-17-34(32)30-37;1-3-13-27(14-4-1)29-23-24-38(31-18-8-7-17-30(29)31)42-37-22-12-10-20-33(37)35-25-34-32-19-9-11-21-36(32)41(39(34)26-40(35)42)28-15-5-2-6-16-28/h1-30H;1-30H;1-26H. The Morgan fingerprint density at radius 1 is 0.131 bits per heavy atom. The normalized spacial score (nSPS) is 12.0. The number of fused-ring (bicyclic) bond motifs is 32. The molecule has 0 amide bonds. The van der Waals surface area contributed by atoms with Gasteiger partial charge in [0.15, 0.2) is 0 Å². The molecule has 32 rings (SSSR count). The zero-order valence-electron chi connectivity index (χ0n) is 78.7. The molecule has 7 aromatic heterocycles. The van der Waals surface area contributed by atoms with Gasteiger partial charge in [-0.1, -0.05) is 382 Å². The maximum absolute atomic E-state index is 6.22. The molecule has 0 atom stereocenters. The number of benzene rings is 25. The van der Waals surface area contributed by atoms with Gasteiger partial charge in [-0.3, -0.25) is 0 Å². The molecule has 0 N–H and O–H groups in total. The Bertz CT molecular complexity index is 11000. The van der Waals surface area contributed by atoms with Crippen molar-refractivity contribution < 1.29 is 4.42 Å². The van der Waals surface area contributed by atoms with Crippen LogP contribution in [0.5, 0.6) is 0 Å². The molecule has 0 saturated heterocycles. The fourth-order valence-electron chi connectivity index (χ4n) is 24.3. The first-order valence-corrected chi connectivity index (χ1v) is 49.9. The van der Waals surface area contributed by atoms with E-state index >= 15 is 0 Å². The van der Waals surface area contributed by atoms with Gasteiger partial charge in [0.25, 0.3) is 0 Å². The number of nitrogens with zero attached hydrogens (tertiary/aromatic N) is 6. The third-order valence-corrected chi connectivity index (χ3v) is 30.6. The Morgan fingerprint density at radius 2 is 0.545 bits per heavy atom. The summed E-state index contributed by atoms with van der Waals surface area (Å²) in [6.07, 6.45) is 0. The highest BCUT2D eigenvalue weighted by Crippen LogP contribution is 2.52. The van der Waals surface area contributed by atoms with Crippen molar-refractivity contribution in [2.24, 2.45) is 0 Å². The Morgan fingerprint density at radius 3 is 1.22 bits per heavy atom. The number of hydrogen-bond donors (Lipinski definition) is 0. The SMILES string of the molecule is c1ccc(-c2ccc(-n3c4ccccc4c4cc5c6ccccc6n(-c6ccccc6)c5cc43)c3ccccc23)cc1.c1ccc(-c2cccc(-n3c4ccccc4c4c3c3ccccc3c3c5c6ccccc6ccc5n(-c5ccc6ccccc6c5)c34)c2)cc1.c1ccc(-n2c3cc4c(cc3c3ccc5ccccc5c32)c2ccccc2n4-c2ccc(-c3cccc4cc5oc6ccccc6c5cc34)cc2)cc1. The minimum Gasteiger partial charge on any atom is -0.456 e. The zero-order chi connectivity index (χ0) is 95.0. The van der Waals surface area contributed by atoms with Crippen molar-refractivity contribution in [2.45, 2.75) is 0 Å². The smallest absolute Gasteiger partial charge is 0.136 e. The molecule has 0 saturated carbocycles. The van der Waals surface area contributed by atoms with Crippen molar-refractivity contribution in [3.8, 4) is 67.5 Å². The molecule has 7 heterocycles. The minimum atomic E-state index is 0.921. The number of hydrogen-bond acceptors (Lipinski definition) is 1. The highest BCUT2D eigenvalue weighted by atomic mass is 16.3. The number of para-hydroxylation sites is 7. The molecule has 7 nitrogen and oxygen atoms in total. The first-order valence-electron chi connectivity index (χ1n) is 49.9. The molecular weight excluding hydrogens is 1760 g/mol. The third kappa shape index (κ3) is 12.7. The molecule has 25 aromatic carbocycles. The van der Waals surface area contributed by atoms with E-state index in [1.807, 2.05) is 12.1 Å². The summed E-state index contributed by atoms with van der Waals surface area (Å²) in [5.74, 6) is 0. The first kappa shape index (κ1) is 81.6. The molecule has 0 fully saturated rings. The Hall–Kier alpha value is -19.3. The van der Waals surface area contributed by atoms with E-state index < -0.39 is 0 Å². The van der Waals surface area contributed by atoms with Gasteiger partial charge in [0.05, 0.1) is 71.9 Å². The van der Waals surface area contributed by atoms with Crippen LogP contribution < -0.4 is 0 Å². The Labute approximate surface area is 832 Å². The van der Waals surface area contributed by atoms with E-state index in [-0.39, 0.29) is 0 Å². The lowest BCUT2D eigenvalue weighted by atomic mass is 9.96. The molecule has 0 radical (unpaired) electrons. The highest BCUT2D eigenvalue weighted by Gasteiger charge is 2.29. The molecule has 674 valence electrons. The zero-order valence-corrected chi connectivity index (χ0v) is 78.7. The molecular formula is C138H86N6O. The molecule has 145 heavy (non-hydrogen) atoms. The van der Waals surface area contributed by atoms with Gasteiger partial charge in [0.2, 0.25) is 0 Å². The monoisotopic (exact) mass is 1840 g/mol. The van der Waals surface area contributed by atoms with Crippen LogP contribution >= 0.6 is 0 Å². The second-order valence-electron chi connectivity index (χ2n) is 38.4. The van der Waals surface area contributed by atoms with Crippen molar-refractivity contribution in [2.75, 3.05) is 0 Å². The van der Waals surface area contributed by atoms with Crippen molar-refractivity contribution in [1.82, 2.24) is 27.4 Å². The summed E-state index contributed by atoms with van der Waals surface area (Å²) in [5, 5.41) is 32.4. The molecule has 0 aliphatic heterocycles. The molecule has 0 spiro atoms. The van der Waals surface area contributed by atoms with Crippen LogP contribution in [-0.2, 0) is 0 Å². The predicted octanol–water partition coefficient (Wildman–Crippen LogP) is 37.5. The summed E-state index contributed by atoms with van der Waals surface area (Å²) < 4.78 is 21.0. The van der Waals surface area contributed by atoms with E-state index in [0.717, 1.165) is 39.0 Å². The van der Waals surface area contributed by atoms with Crippen LogP contribution in [0.2, 0.25) is 0 Å². The fourth-order valence-corrected chi connectivity index (χ4v) is 24.3. The van der Waals surface area contributed by atoms with Crippen LogP contribution in [0.15, 0.2) is 526 Å². The van der Waals surface area contributed by atoms with Crippen LogP contribution in [0.3, 0.4) is 0 Å². The number of rotatable bonds is 9. The van der Waals surface area contributed by atoms with Gasteiger partial charge in [0, 0.05) is 120 Å². The van der Waals surface area contributed by atoms with Gasteiger partial charge in [-0.25, -0.2) is 0 Å². The summed E-state index contributed by atoms with van der Waals surface area (Å²) in [4.78, 5) is 0. The van der Waals surface area contributed by atoms with Gasteiger partial charge in [-0.2, -0.15) is 0 Å². The maximum atomic E-state index is 6.22. The summed E-state index contributed by atoms with van der Waals surface area (Å²) in [7, 11) is 0. The average Bonchev–Trinajstić information content (AvgIpc) is 1.23. The van der Waals surface area contributed by atoms with Crippen LogP contribution in [0.1, 0.15) is 0 Å². The maximum Gasteiger partial charge on any atom is 0.136 e. The third-order valence-electron chi connectivity index (χ3n) is 30.6. The summed E-state index contributed by atoms with van der Waals surface area (Å²) >= 11 is 0. The quantitative estimate of drug-likeness (QED) is 0.142. The lowest BCUT2D eigenvalue weighted by Crippen LogP contribution is -1.97. The van der Waals surface area contributed by atoms with Gasteiger partial charge in [-0.15, -0.1) is 0 Å². The lowest BCUT2D eigenvalue weighted by molar-refractivity contribution is 0.669. The van der Waals surface area contributed by atoms with Crippen LogP contribution in [0.25, 0.3) is 285 Å². The second-order valence-corrected chi connectivity index (χ2v) is 38.4. The van der Waals surface area contributed by atoms with E-state index in [4.69, 9.17) is 4.42 Å². The van der Waals surface area contributed by atoms with Crippen LogP contribution in [0, 0.1) is 0 Å². The van der Waals surface area contributed by atoms with Crippen molar-refractivity contribution >= 4 is 217 Å². The van der Waals surface area contributed by atoms with Crippen molar-refractivity contribution in [3.63, 3.8) is 0 Å². The summed E-state index contributed by atoms with van der Waals surface area (Å²) in [5.41, 5.74) is 30.7. The molecule has 7 heteroatoms. The largest absolute Gasteiger partial charge is 0.456 e. The van der Waals surface area contributed by atoms with Crippen LogP contribution in [-0.4, -0.2) is 27.4 Å². The first-order chi connectivity index (χ1) is 72.0. The van der Waals surface area contributed by atoms with Crippen molar-refractivity contribution in [3.05, 3.63) is 522 Å². The molecule has 0 aliphatic carbocycles. The summed E-state index contributed by atoms with van der Waals surface area (Å²) in [6.45, 7) is 0. The molecule has 0 unspecified atom stereocenters. The molecule has 0 bridgehead atoms. The van der Waals surface area contributed by atoms with Gasteiger partial charge < -0.3 is 31.8 Å². The van der Waals surface area contributed by atoms with Gasteiger partial charge in [-0.05, 0) is 221 Å². The number of furan rings is 1. The Balaban J connectivity index is 0.000000102. The minimum absolute atomic E-state index is 0.921. The molecule has 32 aromatic rings. The second kappa shape index (κ2) is 32.6. The van der Waals surface area contributed by atoms with Gasteiger partial charge >= 0.3 is 0 Å². The van der Waals surface area contributed by atoms with Gasteiger partial charge in [0.1, 0.15) is 11.2 Å². The summed E-state index contributed by atoms with van der Waals surface area (Å²) in [6, 6.07) is 190. The van der Waals surface area contributed by atoms with E-state index in [1.54, 1.807) is 0 Å². The number of aromatic nitrogens is 6. The highest BCUT2D eigenvalue weighted by molar-refractivity contribution is 6.40. The van der Waals surface area contributed by atoms with E-state index in [0.29, 0.717) is 0 Å². The van der Waals surface area contributed by atoms with E-state index in [2.05, 4.69) is 537 Å². The lowest BCUT2D eigenvalue weighted by Gasteiger charge is -2.15. The van der Waals surface area contributed by atoms with E-state index in [9.17, 15) is 0 Å². The van der Waals surface area contributed by atoms with E-state index in [1.165, 1.54) is 246 Å². The molecule has 0 aliphatic rings. The van der Waals surface area contributed by atoms with Crippen LogP contribution in [0.4, 0.5) is 0 Å². The predicted molar refractivity (Wildman–Crippen MR) is 614 cm³/mol. The topological polar surface area (TPSA) is 42.7 Å². The van der Waals surface area contributed by atoms with Crippen molar-refractivity contribution in [1.29, 1.82) is 0 Å². The Kier molecular flexibility index (Phi) is 18.4.